The molecular formula is C21H20ClF3N2O4. The minimum Gasteiger partial charge on any atom is -0.453 e. The number of amides is 2. The van der Waals surface area contributed by atoms with E-state index < -0.39 is 24.4 Å². The van der Waals surface area contributed by atoms with Gasteiger partial charge in [0.2, 0.25) is 5.91 Å². The van der Waals surface area contributed by atoms with Crippen LogP contribution in [0.15, 0.2) is 42.5 Å². The molecule has 2 aromatic rings. The van der Waals surface area contributed by atoms with Crippen molar-refractivity contribution in [2.24, 2.45) is 0 Å². The van der Waals surface area contributed by atoms with Crippen LogP contribution in [0.5, 0.6) is 5.75 Å². The molecule has 6 nitrogen and oxygen atoms in total. The van der Waals surface area contributed by atoms with E-state index in [0.29, 0.717) is 24.2 Å². The van der Waals surface area contributed by atoms with Crippen molar-refractivity contribution in [2.75, 3.05) is 19.0 Å². The summed E-state index contributed by atoms with van der Waals surface area (Å²) in [5, 5.41) is 2.84. The fourth-order valence-electron chi connectivity index (χ4n) is 3.48. The first kappa shape index (κ1) is 22.7. The minimum atomic E-state index is -4.85. The zero-order valence-corrected chi connectivity index (χ0v) is 17.3. The molecule has 3 rings (SSSR count). The van der Waals surface area contributed by atoms with Crippen LogP contribution in [-0.2, 0) is 9.53 Å². The maximum atomic E-state index is 12.7. The normalized spacial score (nSPS) is 16.5. The van der Waals surface area contributed by atoms with Crippen LogP contribution in [0.3, 0.4) is 0 Å². The molecule has 1 unspecified atom stereocenters. The molecule has 166 valence electrons. The van der Waals surface area contributed by atoms with Crippen molar-refractivity contribution in [1.82, 2.24) is 4.90 Å². The van der Waals surface area contributed by atoms with E-state index in [-0.39, 0.29) is 16.3 Å². The van der Waals surface area contributed by atoms with E-state index in [9.17, 15) is 22.8 Å². The van der Waals surface area contributed by atoms with Crippen LogP contribution < -0.4 is 10.1 Å². The van der Waals surface area contributed by atoms with Crippen molar-refractivity contribution in [3.05, 3.63) is 47.5 Å². The number of hydrogen-bond donors (Lipinski definition) is 1. The smallest absolute Gasteiger partial charge is 0.453 e. The molecule has 1 aliphatic heterocycles. The Morgan fingerprint density at radius 1 is 1.13 bits per heavy atom. The molecule has 1 aliphatic rings. The number of nitrogens with one attached hydrogen (secondary N) is 1. The van der Waals surface area contributed by atoms with E-state index in [1.165, 1.54) is 48.4 Å². The average molecular weight is 457 g/mol. The summed E-state index contributed by atoms with van der Waals surface area (Å²) in [6.45, 7) is 0.417. The highest BCUT2D eigenvalue weighted by Crippen LogP contribution is 2.38. The lowest BCUT2D eigenvalue weighted by Gasteiger charge is -2.33. The summed E-state index contributed by atoms with van der Waals surface area (Å²) in [5.41, 5.74) is 0.823. The Morgan fingerprint density at radius 2 is 1.87 bits per heavy atom. The van der Waals surface area contributed by atoms with E-state index in [0.717, 1.165) is 12.8 Å². The number of likely N-dealkylation sites (tertiary alicyclic amines) is 1. The van der Waals surface area contributed by atoms with Gasteiger partial charge in [-0.2, -0.15) is 0 Å². The summed E-state index contributed by atoms with van der Waals surface area (Å²) in [5.74, 6) is -0.778. The number of piperidine rings is 1. The molecule has 2 amide bonds. The van der Waals surface area contributed by atoms with Crippen LogP contribution in [0, 0.1) is 0 Å². The van der Waals surface area contributed by atoms with Crippen molar-refractivity contribution in [1.29, 1.82) is 0 Å². The lowest BCUT2D eigenvalue weighted by Crippen LogP contribution is -2.49. The Bertz CT molecular complexity index is 968. The molecule has 0 saturated carbocycles. The number of carbonyl (C=O) groups is 2. The zero-order chi connectivity index (χ0) is 22.6. The predicted molar refractivity (Wildman–Crippen MR) is 109 cm³/mol. The van der Waals surface area contributed by atoms with Gasteiger partial charge in [0.1, 0.15) is 11.8 Å². The molecule has 1 saturated heterocycles. The molecule has 0 aliphatic carbocycles. The van der Waals surface area contributed by atoms with Gasteiger partial charge in [0, 0.05) is 23.4 Å². The van der Waals surface area contributed by atoms with E-state index >= 15 is 0 Å². The Hall–Kier alpha value is -2.94. The van der Waals surface area contributed by atoms with Gasteiger partial charge in [0.15, 0.2) is 0 Å². The molecule has 0 bridgehead atoms. The SMILES string of the molecule is COC(=O)N1CCCCC1C(=O)Nc1ccc(-c2ccccc2OC(F)(F)F)c(Cl)c1. The number of para-hydroxylation sites is 1. The monoisotopic (exact) mass is 456 g/mol. The number of ether oxygens (including phenoxy) is 2. The summed E-state index contributed by atoms with van der Waals surface area (Å²) in [6.07, 6.45) is -3.36. The summed E-state index contributed by atoms with van der Waals surface area (Å²) in [7, 11) is 1.25. The summed E-state index contributed by atoms with van der Waals surface area (Å²) in [6, 6.07) is 9.41. The number of benzene rings is 2. The number of rotatable bonds is 4. The number of halogens is 4. The highest BCUT2D eigenvalue weighted by atomic mass is 35.5. The highest BCUT2D eigenvalue weighted by Gasteiger charge is 2.33. The van der Waals surface area contributed by atoms with Crippen molar-refractivity contribution in [2.45, 2.75) is 31.7 Å². The Labute approximate surface area is 181 Å². The average Bonchev–Trinajstić information content (AvgIpc) is 2.73. The first-order valence-corrected chi connectivity index (χ1v) is 9.87. The number of nitrogens with zero attached hydrogens (tertiary/aromatic N) is 1. The van der Waals surface area contributed by atoms with E-state index in [2.05, 4.69) is 10.1 Å². The van der Waals surface area contributed by atoms with Crippen molar-refractivity contribution >= 4 is 29.3 Å². The third-order valence-electron chi connectivity index (χ3n) is 4.85. The van der Waals surface area contributed by atoms with E-state index in [4.69, 9.17) is 16.3 Å². The van der Waals surface area contributed by atoms with Gasteiger partial charge >= 0.3 is 12.5 Å². The van der Waals surface area contributed by atoms with Crippen LogP contribution in [0.2, 0.25) is 5.02 Å². The van der Waals surface area contributed by atoms with Gasteiger partial charge in [-0.25, -0.2) is 4.79 Å². The first-order chi connectivity index (χ1) is 14.7. The molecule has 1 atom stereocenters. The van der Waals surface area contributed by atoms with Gasteiger partial charge in [-0.1, -0.05) is 35.9 Å². The summed E-state index contributed by atoms with van der Waals surface area (Å²) in [4.78, 5) is 26.0. The third-order valence-corrected chi connectivity index (χ3v) is 5.17. The number of hydrogen-bond acceptors (Lipinski definition) is 4. The fourth-order valence-corrected chi connectivity index (χ4v) is 3.76. The van der Waals surface area contributed by atoms with Crippen LogP contribution in [0.1, 0.15) is 19.3 Å². The van der Waals surface area contributed by atoms with Crippen molar-refractivity contribution in [3.8, 4) is 16.9 Å². The zero-order valence-electron chi connectivity index (χ0n) is 16.5. The van der Waals surface area contributed by atoms with Gasteiger partial charge in [-0.15, -0.1) is 13.2 Å². The summed E-state index contributed by atoms with van der Waals surface area (Å²) < 4.78 is 46.9. The van der Waals surface area contributed by atoms with Crippen LogP contribution in [-0.4, -0.2) is 43.0 Å². The van der Waals surface area contributed by atoms with E-state index in [1.54, 1.807) is 6.07 Å². The second-order valence-corrected chi connectivity index (χ2v) is 7.31. The van der Waals surface area contributed by atoms with Gasteiger partial charge < -0.3 is 14.8 Å². The molecule has 1 heterocycles. The highest BCUT2D eigenvalue weighted by molar-refractivity contribution is 6.33. The molecular weight excluding hydrogens is 437 g/mol. The predicted octanol–water partition coefficient (Wildman–Crippen LogP) is 5.47. The quantitative estimate of drug-likeness (QED) is 0.663. The lowest BCUT2D eigenvalue weighted by atomic mass is 10.0. The largest absolute Gasteiger partial charge is 0.573 e. The topological polar surface area (TPSA) is 67.9 Å². The Balaban J connectivity index is 1.80. The third kappa shape index (κ3) is 5.61. The molecule has 1 N–H and O–H groups in total. The number of carbonyl (C=O) groups excluding carboxylic acids is 2. The van der Waals surface area contributed by atoms with E-state index in [1.807, 2.05) is 0 Å². The molecule has 0 aromatic heterocycles. The molecule has 31 heavy (non-hydrogen) atoms. The molecule has 10 heteroatoms. The number of anilines is 1. The van der Waals surface area contributed by atoms with Crippen LogP contribution >= 0.6 is 11.6 Å². The maximum absolute atomic E-state index is 12.7. The fraction of sp³-hybridized carbons (Fsp3) is 0.333. The first-order valence-electron chi connectivity index (χ1n) is 9.50. The second-order valence-electron chi connectivity index (χ2n) is 6.90. The number of methoxy groups -OCH3 is 1. The Morgan fingerprint density at radius 3 is 2.55 bits per heavy atom. The van der Waals surface area contributed by atoms with Gasteiger partial charge in [-0.3, -0.25) is 9.69 Å². The van der Waals surface area contributed by atoms with Crippen LogP contribution in [0.4, 0.5) is 23.7 Å². The van der Waals surface area contributed by atoms with Gasteiger partial charge in [-0.05, 0) is 37.5 Å². The molecule has 0 spiro atoms. The van der Waals surface area contributed by atoms with Crippen molar-refractivity contribution < 1.29 is 32.2 Å². The lowest BCUT2D eigenvalue weighted by molar-refractivity contribution is -0.274. The Kier molecular flexibility index (Phi) is 6.94. The standard InChI is InChI=1S/C21H20ClF3N2O4/c1-30-20(29)27-11-5-4-7-17(27)19(28)26-13-9-10-14(16(22)12-13)15-6-2-3-8-18(15)31-21(23,24)25/h2-3,6,8-10,12,17H,4-5,7,11H2,1H3,(H,26,28). The molecule has 2 aromatic carbocycles. The molecule has 0 radical (unpaired) electrons. The number of alkyl halides is 3. The van der Waals surface area contributed by atoms with Crippen LogP contribution in [0.25, 0.3) is 11.1 Å². The van der Waals surface area contributed by atoms with Gasteiger partial charge in [0.25, 0.3) is 0 Å². The van der Waals surface area contributed by atoms with Gasteiger partial charge in [0.05, 0.1) is 12.1 Å². The molecule has 1 fully saturated rings. The second kappa shape index (κ2) is 9.47. The minimum absolute atomic E-state index is 0.129. The van der Waals surface area contributed by atoms with Crippen molar-refractivity contribution in [3.63, 3.8) is 0 Å². The summed E-state index contributed by atoms with van der Waals surface area (Å²) >= 11 is 6.31. The maximum Gasteiger partial charge on any atom is 0.573 e.